The molecule has 6 nitrogen and oxygen atoms in total. The van der Waals surface area contributed by atoms with Gasteiger partial charge in [-0.1, -0.05) is 12.1 Å². The van der Waals surface area contributed by atoms with Crippen LogP contribution in [0.2, 0.25) is 0 Å². The quantitative estimate of drug-likeness (QED) is 0.609. The molecule has 0 spiro atoms. The molecule has 3 rings (SSSR count). The van der Waals surface area contributed by atoms with E-state index < -0.39 is 5.60 Å². The molecule has 172 valence electrons. The van der Waals surface area contributed by atoms with Gasteiger partial charge in [0.2, 0.25) is 0 Å². The molecular formula is C26H33NO5. The van der Waals surface area contributed by atoms with E-state index in [1.54, 1.807) is 32.2 Å². The van der Waals surface area contributed by atoms with Crippen molar-refractivity contribution < 1.29 is 23.8 Å². The highest BCUT2D eigenvalue weighted by atomic mass is 16.6. The van der Waals surface area contributed by atoms with Gasteiger partial charge in [-0.15, -0.1) is 0 Å². The molecule has 0 N–H and O–H groups in total. The molecule has 1 unspecified atom stereocenters. The van der Waals surface area contributed by atoms with Crippen LogP contribution in [0.3, 0.4) is 0 Å². The van der Waals surface area contributed by atoms with Crippen molar-refractivity contribution in [3.63, 3.8) is 0 Å². The number of fused-ring (bicyclic) bond motifs is 1. The van der Waals surface area contributed by atoms with Crippen LogP contribution >= 0.6 is 0 Å². The van der Waals surface area contributed by atoms with E-state index in [9.17, 15) is 9.59 Å². The van der Waals surface area contributed by atoms with Crippen LogP contribution in [0, 0.1) is 0 Å². The number of esters is 1. The zero-order valence-corrected chi connectivity index (χ0v) is 19.9. The van der Waals surface area contributed by atoms with E-state index in [0.717, 1.165) is 41.7 Å². The monoisotopic (exact) mass is 439 g/mol. The van der Waals surface area contributed by atoms with Gasteiger partial charge in [0.15, 0.2) is 0 Å². The van der Waals surface area contributed by atoms with Crippen LogP contribution in [0.1, 0.15) is 58.2 Å². The number of methoxy groups -OCH3 is 1. The smallest absolute Gasteiger partial charge is 0.338 e. The highest BCUT2D eigenvalue weighted by Crippen LogP contribution is 2.34. The van der Waals surface area contributed by atoms with Gasteiger partial charge in [-0.25, -0.2) is 4.79 Å². The lowest BCUT2D eigenvalue weighted by molar-refractivity contribution is 0.00687. The molecule has 0 aliphatic carbocycles. The molecule has 1 atom stereocenters. The molecule has 2 aromatic carbocycles. The Morgan fingerprint density at radius 3 is 2.34 bits per heavy atom. The third kappa shape index (κ3) is 5.88. The molecule has 0 aromatic heterocycles. The zero-order chi connectivity index (χ0) is 23.5. The van der Waals surface area contributed by atoms with Crippen molar-refractivity contribution in [2.24, 2.45) is 0 Å². The number of ether oxygens (including phenoxy) is 3. The molecule has 0 radical (unpaired) electrons. The number of nitrogens with zero attached hydrogens (tertiary/aromatic N) is 1. The summed E-state index contributed by atoms with van der Waals surface area (Å²) in [6.45, 7) is 6.07. The van der Waals surface area contributed by atoms with Crippen LogP contribution in [0.4, 0.5) is 0 Å². The Balaban J connectivity index is 1.82. The summed E-state index contributed by atoms with van der Waals surface area (Å²) >= 11 is 0. The highest BCUT2D eigenvalue weighted by molar-refractivity contribution is 5.93. The molecule has 2 aromatic rings. The Hall–Kier alpha value is -2.86. The van der Waals surface area contributed by atoms with E-state index in [2.05, 4.69) is 0 Å². The molecule has 1 aliphatic heterocycles. The van der Waals surface area contributed by atoms with Crippen molar-refractivity contribution in [1.29, 1.82) is 0 Å². The van der Waals surface area contributed by atoms with Crippen molar-refractivity contribution in [1.82, 2.24) is 4.90 Å². The third-order valence-electron chi connectivity index (χ3n) is 5.30. The van der Waals surface area contributed by atoms with Gasteiger partial charge in [0.1, 0.15) is 17.5 Å². The van der Waals surface area contributed by atoms with Gasteiger partial charge in [-0.05, 0) is 69.0 Å². The molecule has 1 heterocycles. The Labute approximate surface area is 190 Å². The Bertz CT molecular complexity index is 973. The van der Waals surface area contributed by atoms with Crippen LogP contribution in [-0.4, -0.2) is 56.3 Å². The lowest BCUT2D eigenvalue weighted by atomic mass is 9.94. The van der Waals surface area contributed by atoms with Gasteiger partial charge >= 0.3 is 5.97 Å². The first kappa shape index (κ1) is 23.8. The lowest BCUT2D eigenvalue weighted by Gasteiger charge is -2.20. The SMILES string of the molecule is COCC1Cc2c(CCc3ccc(C(=O)N(C)C)cc3)cc(C(=O)OC(C)(C)C)cc2O1. The summed E-state index contributed by atoms with van der Waals surface area (Å²) in [5.41, 5.74) is 3.93. The second-order valence-electron chi connectivity index (χ2n) is 9.41. The van der Waals surface area contributed by atoms with E-state index in [1.807, 2.05) is 51.1 Å². The minimum atomic E-state index is -0.568. The summed E-state index contributed by atoms with van der Waals surface area (Å²) in [6, 6.07) is 11.4. The fourth-order valence-electron chi connectivity index (χ4n) is 3.80. The van der Waals surface area contributed by atoms with Crippen LogP contribution in [0.15, 0.2) is 36.4 Å². The van der Waals surface area contributed by atoms with Gasteiger partial charge in [-0.2, -0.15) is 0 Å². The molecule has 0 saturated heterocycles. The maximum Gasteiger partial charge on any atom is 0.338 e. The number of hydrogen-bond donors (Lipinski definition) is 0. The number of amides is 1. The van der Waals surface area contributed by atoms with E-state index in [4.69, 9.17) is 14.2 Å². The van der Waals surface area contributed by atoms with E-state index in [1.165, 1.54) is 0 Å². The van der Waals surface area contributed by atoms with Crippen LogP contribution < -0.4 is 4.74 Å². The molecule has 32 heavy (non-hydrogen) atoms. The topological polar surface area (TPSA) is 65.1 Å². The van der Waals surface area contributed by atoms with Gasteiger partial charge in [0.05, 0.1) is 12.2 Å². The second kappa shape index (κ2) is 9.74. The summed E-state index contributed by atoms with van der Waals surface area (Å²) in [5.74, 6) is 0.366. The van der Waals surface area contributed by atoms with Gasteiger partial charge in [-0.3, -0.25) is 4.79 Å². The number of rotatable bonds is 7. The van der Waals surface area contributed by atoms with Gasteiger partial charge < -0.3 is 19.1 Å². The normalized spacial score (nSPS) is 15.1. The van der Waals surface area contributed by atoms with Crippen molar-refractivity contribution in [2.75, 3.05) is 27.8 Å². The Morgan fingerprint density at radius 1 is 1.06 bits per heavy atom. The number of benzene rings is 2. The summed E-state index contributed by atoms with van der Waals surface area (Å²) in [5, 5.41) is 0. The molecular weight excluding hydrogens is 406 g/mol. The lowest BCUT2D eigenvalue weighted by Crippen LogP contribution is -2.24. The van der Waals surface area contributed by atoms with Crippen LogP contribution in [-0.2, 0) is 28.7 Å². The first-order valence-corrected chi connectivity index (χ1v) is 10.9. The fourth-order valence-corrected chi connectivity index (χ4v) is 3.80. The standard InChI is InChI=1S/C26H33NO5/c1-26(2,3)32-25(29)20-13-19(22-15-21(16-30-6)31-23(22)14-20)12-9-17-7-10-18(11-8-17)24(28)27(4)5/h7-8,10-11,13-14,21H,9,12,15-16H2,1-6H3. The maximum absolute atomic E-state index is 12.7. The van der Waals surface area contributed by atoms with Crippen LogP contribution in [0.25, 0.3) is 0 Å². The number of carbonyl (C=O) groups is 2. The number of hydrogen-bond acceptors (Lipinski definition) is 5. The minimum absolute atomic E-state index is 0.0132. The molecule has 0 saturated carbocycles. The van der Waals surface area contributed by atoms with E-state index >= 15 is 0 Å². The van der Waals surface area contributed by atoms with Crippen molar-refractivity contribution in [3.8, 4) is 5.75 Å². The molecule has 0 bridgehead atoms. The average molecular weight is 440 g/mol. The summed E-state index contributed by atoms with van der Waals surface area (Å²) in [6.07, 6.45) is 2.24. The van der Waals surface area contributed by atoms with Crippen molar-refractivity contribution in [2.45, 2.75) is 51.7 Å². The van der Waals surface area contributed by atoms with E-state index in [0.29, 0.717) is 17.7 Å². The first-order chi connectivity index (χ1) is 15.1. The number of carbonyl (C=O) groups excluding carboxylic acids is 2. The molecule has 0 fully saturated rings. The van der Waals surface area contributed by atoms with Gasteiger partial charge in [0, 0.05) is 38.8 Å². The van der Waals surface area contributed by atoms with Crippen molar-refractivity contribution in [3.05, 3.63) is 64.2 Å². The fraction of sp³-hybridized carbons (Fsp3) is 0.462. The number of aryl methyl sites for hydroxylation is 2. The van der Waals surface area contributed by atoms with Crippen LogP contribution in [0.5, 0.6) is 5.75 Å². The second-order valence-corrected chi connectivity index (χ2v) is 9.41. The summed E-state index contributed by atoms with van der Waals surface area (Å²) in [4.78, 5) is 26.4. The summed E-state index contributed by atoms with van der Waals surface area (Å²) in [7, 11) is 5.14. The Morgan fingerprint density at radius 2 is 1.75 bits per heavy atom. The first-order valence-electron chi connectivity index (χ1n) is 10.9. The maximum atomic E-state index is 12.7. The largest absolute Gasteiger partial charge is 0.487 e. The third-order valence-corrected chi connectivity index (χ3v) is 5.30. The predicted molar refractivity (Wildman–Crippen MR) is 123 cm³/mol. The average Bonchev–Trinajstić information content (AvgIpc) is 3.13. The minimum Gasteiger partial charge on any atom is -0.487 e. The molecule has 6 heteroatoms. The van der Waals surface area contributed by atoms with Gasteiger partial charge in [0.25, 0.3) is 5.91 Å². The Kier molecular flexibility index (Phi) is 7.24. The van der Waals surface area contributed by atoms with E-state index in [-0.39, 0.29) is 18.0 Å². The summed E-state index contributed by atoms with van der Waals surface area (Å²) < 4.78 is 16.9. The zero-order valence-electron chi connectivity index (χ0n) is 19.9. The highest BCUT2D eigenvalue weighted by Gasteiger charge is 2.28. The van der Waals surface area contributed by atoms with Crippen molar-refractivity contribution >= 4 is 11.9 Å². The molecule has 1 aliphatic rings. The predicted octanol–water partition coefficient (Wildman–Crippen LogP) is 4.08. The molecule has 1 amide bonds.